The summed E-state index contributed by atoms with van der Waals surface area (Å²) in [6, 6.07) is 12.4. The fourth-order valence-corrected chi connectivity index (χ4v) is 3.25. The molecule has 0 bridgehead atoms. The first-order valence-electron chi connectivity index (χ1n) is 9.18. The second-order valence-corrected chi connectivity index (χ2v) is 7.75. The minimum Gasteiger partial charge on any atom is -0.404 e. The monoisotopic (exact) mass is 472 g/mol. The number of rotatable bonds is 7. The number of furan rings is 1. The van der Waals surface area contributed by atoms with Gasteiger partial charge in [0.25, 0.3) is 0 Å². The minimum absolute atomic E-state index is 0.0281. The third kappa shape index (κ3) is 5.57. The van der Waals surface area contributed by atoms with Crippen LogP contribution in [0.3, 0.4) is 0 Å². The molecular formula is C20H14FN4O7P. The van der Waals surface area contributed by atoms with Gasteiger partial charge < -0.3 is 14.3 Å². The number of hydrogen-bond acceptors (Lipinski definition) is 8. The Morgan fingerprint density at radius 2 is 1.85 bits per heavy atom. The lowest BCUT2D eigenvalue weighted by molar-refractivity contribution is -0.402. The minimum atomic E-state index is -4.68. The Morgan fingerprint density at radius 1 is 1.09 bits per heavy atom. The lowest BCUT2D eigenvalue weighted by Crippen LogP contribution is -1.99. The van der Waals surface area contributed by atoms with Gasteiger partial charge in [0.2, 0.25) is 0 Å². The predicted octanol–water partition coefficient (Wildman–Crippen LogP) is 4.66. The molecule has 0 spiro atoms. The maximum atomic E-state index is 13.8. The average molecular weight is 472 g/mol. The van der Waals surface area contributed by atoms with E-state index in [0.717, 1.165) is 0 Å². The van der Waals surface area contributed by atoms with Gasteiger partial charge in [-0.3, -0.25) is 19.9 Å². The second kappa shape index (κ2) is 8.79. The number of fused-ring (bicyclic) bond motifs is 1. The summed E-state index contributed by atoms with van der Waals surface area (Å²) in [6.07, 6.45) is 2.89. The first-order chi connectivity index (χ1) is 15.7. The number of phosphoric acid groups is 1. The van der Waals surface area contributed by atoms with Crippen molar-refractivity contribution in [2.24, 2.45) is 0 Å². The number of nitrogens with one attached hydrogen (secondary N) is 1. The Labute approximate surface area is 184 Å². The number of anilines is 2. The lowest BCUT2D eigenvalue weighted by Gasteiger charge is -2.11. The van der Waals surface area contributed by atoms with E-state index in [2.05, 4.69) is 19.8 Å². The van der Waals surface area contributed by atoms with Gasteiger partial charge in [0.1, 0.15) is 28.1 Å². The zero-order chi connectivity index (χ0) is 23.6. The molecule has 11 nitrogen and oxygen atoms in total. The van der Waals surface area contributed by atoms with E-state index in [4.69, 9.17) is 14.2 Å². The van der Waals surface area contributed by atoms with Crippen LogP contribution in [-0.2, 0) is 4.57 Å². The molecule has 0 aliphatic heterocycles. The van der Waals surface area contributed by atoms with Gasteiger partial charge in [-0.1, -0.05) is 0 Å². The maximum absolute atomic E-state index is 13.8. The van der Waals surface area contributed by atoms with Crippen molar-refractivity contribution in [3.05, 3.63) is 82.1 Å². The van der Waals surface area contributed by atoms with Crippen molar-refractivity contribution in [2.75, 3.05) is 5.32 Å². The van der Waals surface area contributed by atoms with Crippen molar-refractivity contribution in [1.29, 1.82) is 0 Å². The van der Waals surface area contributed by atoms with E-state index < -0.39 is 24.4 Å². The Bertz CT molecular complexity index is 1420. The molecule has 0 saturated heterocycles. The van der Waals surface area contributed by atoms with Crippen molar-refractivity contribution in [2.45, 2.75) is 0 Å². The van der Waals surface area contributed by atoms with Gasteiger partial charge in [-0.15, -0.1) is 0 Å². The third-order valence-electron chi connectivity index (χ3n) is 4.21. The summed E-state index contributed by atoms with van der Waals surface area (Å²) in [5.41, 5.74) is 0.813. The van der Waals surface area contributed by atoms with Crippen LogP contribution in [0.4, 0.5) is 21.8 Å². The number of nitro groups is 1. The molecule has 168 valence electrons. The largest absolute Gasteiger partial charge is 0.524 e. The van der Waals surface area contributed by atoms with Gasteiger partial charge in [-0.25, -0.2) is 18.9 Å². The normalized spacial score (nSPS) is 11.7. The molecule has 0 aliphatic rings. The van der Waals surface area contributed by atoms with Crippen LogP contribution in [-0.4, -0.2) is 24.7 Å². The van der Waals surface area contributed by atoms with Crippen LogP contribution in [0.15, 0.2) is 59.0 Å². The third-order valence-corrected chi connectivity index (χ3v) is 4.66. The molecule has 0 atom stereocenters. The molecular weight excluding hydrogens is 458 g/mol. The molecule has 0 radical (unpaired) electrons. The van der Waals surface area contributed by atoms with E-state index in [9.17, 15) is 19.1 Å². The number of nitrogens with zero attached hydrogens (tertiary/aromatic N) is 3. The lowest BCUT2D eigenvalue weighted by atomic mass is 10.2. The fourth-order valence-electron chi connectivity index (χ4n) is 2.85. The molecule has 0 unspecified atom stereocenters. The molecule has 13 heteroatoms. The SMILES string of the molecule is O=[N+]([O-])c1ccc(/C=C/c2nc(Nc3ccc(OP(=O)(O)O)cc3)c3ccc(F)cc3n2)o1. The van der Waals surface area contributed by atoms with E-state index in [1.54, 1.807) is 0 Å². The molecule has 0 fully saturated rings. The fraction of sp³-hybridized carbons (Fsp3) is 0. The van der Waals surface area contributed by atoms with Gasteiger partial charge in [0.05, 0.1) is 11.6 Å². The number of aromatic nitrogens is 2. The van der Waals surface area contributed by atoms with Gasteiger partial charge in [0.15, 0.2) is 5.82 Å². The van der Waals surface area contributed by atoms with Gasteiger partial charge in [-0.2, -0.15) is 0 Å². The quantitative estimate of drug-likeness (QED) is 0.196. The van der Waals surface area contributed by atoms with E-state index in [1.807, 2.05) is 0 Å². The van der Waals surface area contributed by atoms with Crippen molar-refractivity contribution in [1.82, 2.24) is 9.97 Å². The maximum Gasteiger partial charge on any atom is 0.524 e. The molecule has 33 heavy (non-hydrogen) atoms. The first-order valence-corrected chi connectivity index (χ1v) is 10.7. The summed E-state index contributed by atoms with van der Waals surface area (Å²) < 4.78 is 34.3. The molecule has 4 rings (SSSR count). The van der Waals surface area contributed by atoms with Crippen molar-refractivity contribution >= 4 is 48.3 Å². The van der Waals surface area contributed by atoms with Crippen LogP contribution in [0, 0.1) is 15.9 Å². The number of phosphoric ester groups is 1. The van der Waals surface area contributed by atoms with Crippen molar-refractivity contribution in [3.8, 4) is 5.75 Å². The van der Waals surface area contributed by atoms with Gasteiger partial charge >= 0.3 is 13.7 Å². The predicted molar refractivity (Wildman–Crippen MR) is 116 cm³/mol. The Morgan fingerprint density at radius 3 is 2.52 bits per heavy atom. The van der Waals surface area contributed by atoms with Crippen LogP contribution < -0.4 is 9.84 Å². The molecule has 0 aliphatic carbocycles. The Hall–Kier alpha value is -4.12. The zero-order valence-corrected chi connectivity index (χ0v) is 17.3. The smallest absolute Gasteiger partial charge is 0.404 e. The van der Waals surface area contributed by atoms with E-state index >= 15 is 0 Å². The first kappa shape index (κ1) is 22.1. The van der Waals surface area contributed by atoms with Crippen molar-refractivity contribution in [3.63, 3.8) is 0 Å². The molecule has 2 aromatic heterocycles. The topological polar surface area (TPSA) is 161 Å². The van der Waals surface area contributed by atoms with Crippen LogP contribution >= 0.6 is 7.82 Å². The second-order valence-electron chi connectivity index (χ2n) is 6.59. The molecule has 4 aromatic rings. The highest BCUT2D eigenvalue weighted by Gasteiger charge is 2.16. The molecule has 2 heterocycles. The van der Waals surface area contributed by atoms with Crippen LogP contribution in [0.2, 0.25) is 0 Å². The molecule has 0 saturated carbocycles. The van der Waals surface area contributed by atoms with Crippen LogP contribution in [0.25, 0.3) is 23.1 Å². The number of hydrogen-bond donors (Lipinski definition) is 3. The summed E-state index contributed by atoms with van der Waals surface area (Å²) in [5.74, 6) is -0.225. The van der Waals surface area contributed by atoms with E-state index in [1.165, 1.54) is 66.7 Å². The standard InChI is InChI=1S/C20H14FN4O7P/c21-12-1-8-16-17(11-12)23-18(9-6-14-7-10-19(31-14)25(26)27)24-20(16)22-13-2-4-15(5-3-13)32-33(28,29)30/h1-11H,(H,22,23,24)(H2,28,29,30)/b9-6+. The highest BCUT2D eigenvalue weighted by atomic mass is 31.2. The molecule has 2 aromatic carbocycles. The highest BCUT2D eigenvalue weighted by Crippen LogP contribution is 2.38. The zero-order valence-electron chi connectivity index (χ0n) is 16.5. The Balaban J connectivity index is 1.66. The Kier molecular flexibility index (Phi) is 5.88. The summed E-state index contributed by atoms with van der Waals surface area (Å²) in [4.78, 5) is 36.6. The van der Waals surface area contributed by atoms with Crippen LogP contribution in [0.1, 0.15) is 11.6 Å². The molecule has 0 amide bonds. The average Bonchev–Trinajstić information content (AvgIpc) is 3.22. The summed E-state index contributed by atoms with van der Waals surface area (Å²) >= 11 is 0. The molecule has 3 N–H and O–H groups in total. The number of halogens is 1. The summed E-state index contributed by atoms with van der Waals surface area (Å²) in [7, 11) is -4.68. The van der Waals surface area contributed by atoms with E-state index in [-0.39, 0.29) is 17.3 Å². The van der Waals surface area contributed by atoms with E-state index in [0.29, 0.717) is 22.4 Å². The van der Waals surface area contributed by atoms with Gasteiger partial charge in [0, 0.05) is 17.1 Å². The summed E-state index contributed by atoms with van der Waals surface area (Å²) in [5, 5.41) is 14.3. The number of benzene rings is 2. The summed E-state index contributed by atoms with van der Waals surface area (Å²) in [6.45, 7) is 0. The van der Waals surface area contributed by atoms with Gasteiger partial charge in [-0.05, 0) is 54.6 Å². The highest BCUT2D eigenvalue weighted by molar-refractivity contribution is 7.46. The van der Waals surface area contributed by atoms with Crippen LogP contribution in [0.5, 0.6) is 5.75 Å². The van der Waals surface area contributed by atoms with Crippen molar-refractivity contribution < 1.29 is 32.6 Å².